The molecular weight excluding hydrogens is 385 g/mol. The van der Waals surface area contributed by atoms with E-state index in [1.165, 1.54) is 24.3 Å². The first-order valence-corrected chi connectivity index (χ1v) is 9.65. The summed E-state index contributed by atoms with van der Waals surface area (Å²) in [5, 5.41) is 13.8. The van der Waals surface area contributed by atoms with Crippen LogP contribution in [-0.2, 0) is 11.3 Å². The molecule has 1 fully saturated rings. The fourth-order valence-electron chi connectivity index (χ4n) is 3.65. The molecule has 2 aromatic carbocycles. The summed E-state index contributed by atoms with van der Waals surface area (Å²) in [4.78, 5) is 25.7. The van der Waals surface area contributed by atoms with Crippen molar-refractivity contribution in [2.24, 2.45) is 0 Å². The molecule has 1 unspecified atom stereocenters. The van der Waals surface area contributed by atoms with Gasteiger partial charge in [0.2, 0.25) is 5.91 Å². The number of carbonyl (C=O) groups is 2. The van der Waals surface area contributed by atoms with Crippen LogP contribution in [0.25, 0.3) is 0 Å². The van der Waals surface area contributed by atoms with Gasteiger partial charge in [0, 0.05) is 6.54 Å². The van der Waals surface area contributed by atoms with Gasteiger partial charge in [0.1, 0.15) is 0 Å². The summed E-state index contributed by atoms with van der Waals surface area (Å²) in [5.41, 5.74) is 1.48. The van der Waals surface area contributed by atoms with Crippen molar-refractivity contribution in [1.82, 2.24) is 10.2 Å². The van der Waals surface area contributed by atoms with E-state index in [1.54, 1.807) is 12.1 Å². The Bertz CT molecular complexity index is 892. The van der Waals surface area contributed by atoms with Crippen molar-refractivity contribution in [3.8, 4) is 0 Å². The van der Waals surface area contributed by atoms with E-state index in [0.29, 0.717) is 25.1 Å². The fraction of sp³-hybridized carbons (Fsp3) is 0.364. The third kappa shape index (κ3) is 5.91. The van der Waals surface area contributed by atoms with Gasteiger partial charge in [-0.15, -0.1) is 0 Å². The number of rotatable bonds is 6. The predicted octanol–water partition coefficient (Wildman–Crippen LogP) is -0.436. The Morgan fingerprint density at radius 3 is 2.47 bits per heavy atom. The molecule has 1 N–H and O–H groups in total. The van der Waals surface area contributed by atoms with Gasteiger partial charge in [-0.25, -0.2) is 8.78 Å². The Hall–Kier alpha value is -2.20. The van der Waals surface area contributed by atoms with Crippen molar-refractivity contribution >= 4 is 11.9 Å². The zero-order chi connectivity index (χ0) is 21.0. The molecule has 30 heavy (non-hydrogen) atoms. The molecule has 1 aliphatic heterocycles. The van der Waals surface area contributed by atoms with E-state index in [1.807, 2.05) is 11.8 Å². The number of hydrogen-bond acceptors (Lipinski definition) is 4. The number of halogens is 2. The van der Waals surface area contributed by atoms with Crippen LogP contribution in [0.4, 0.5) is 8.78 Å². The Labute approximate surface area is 186 Å². The van der Waals surface area contributed by atoms with E-state index in [-0.39, 0.29) is 42.4 Å². The van der Waals surface area contributed by atoms with Gasteiger partial charge in [0.05, 0.1) is 18.1 Å². The number of aromatic carboxylic acids is 1. The summed E-state index contributed by atoms with van der Waals surface area (Å²) in [7, 11) is 0. The van der Waals surface area contributed by atoms with Crippen LogP contribution >= 0.6 is 0 Å². The predicted molar refractivity (Wildman–Crippen MR) is 102 cm³/mol. The summed E-state index contributed by atoms with van der Waals surface area (Å²) < 4.78 is 26.7. The molecule has 154 valence electrons. The first kappa shape index (κ1) is 24.1. The maximum atomic E-state index is 13.5. The number of carbonyl (C=O) groups excluding carboxylic acids is 2. The van der Waals surface area contributed by atoms with Crippen molar-refractivity contribution in [2.45, 2.75) is 44.8 Å². The normalized spacial score (nSPS) is 17.6. The SMILES string of the molecule is C[C@H](NC(=O)C1CCCCN1Cc1ccc(F)c(F)c1)c1ccc(C(=O)[O-])cc1.[Li+]. The minimum absolute atomic E-state index is 0. The summed E-state index contributed by atoms with van der Waals surface area (Å²) in [5.74, 6) is -3.17. The van der Waals surface area contributed by atoms with Gasteiger partial charge < -0.3 is 15.2 Å². The molecule has 8 heteroatoms. The van der Waals surface area contributed by atoms with Crippen LogP contribution < -0.4 is 29.3 Å². The molecule has 1 heterocycles. The van der Waals surface area contributed by atoms with Gasteiger partial charge in [-0.3, -0.25) is 9.69 Å². The van der Waals surface area contributed by atoms with Crippen molar-refractivity contribution in [3.63, 3.8) is 0 Å². The molecule has 1 amide bonds. The maximum Gasteiger partial charge on any atom is 1.00 e. The van der Waals surface area contributed by atoms with Crippen LogP contribution in [-0.4, -0.2) is 29.4 Å². The summed E-state index contributed by atoms with van der Waals surface area (Å²) >= 11 is 0. The van der Waals surface area contributed by atoms with Crippen LogP contribution in [0.3, 0.4) is 0 Å². The van der Waals surface area contributed by atoms with Crippen molar-refractivity contribution in [2.75, 3.05) is 6.54 Å². The largest absolute Gasteiger partial charge is 1.00 e. The van der Waals surface area contributed by atoms with E-state index in [9.17, 15) is 23.5 Å². The molecule has 0 aromatic heterocycles. The fourth-order valence-corrected chi connectivity index (χ4v) is 3.65. The number of hydrogen-bond donors (Lipinski definition) is 1. The first-order chi connectivity index (χ1) is 13.8. The average molecular weight is 408 g/mol. The Morgan fingerprint density at radius 2 is 1.83 bits per heavy atom. The number of likely N-dealkylation sites (tertiary alicyclic amines) is 1. The van der Waals surface area contributed by atoms with Gasteiger partial charge in [-0.05, 0) is 55.1 Å². The van der Waals surface area contributed by atoms with Crippen LogP contribution in [0, 0.1) is 11.6 Å². The number of carboxylic acid groups (broad SMARTS) is 1. The van der Waals surface area contributed by atoms with E-state index in [2.05, 4.69) is 5.32 Å². The molecule has 3 rings (SSSR count). The molecule has 0 saturated carbocycles. The topological polar surface area (TPSA) is 72.5 Å². The van der Waals surface area contributed by atoms with Gasteiger partial charge >= 0.3 is 18.9 Å². The number of nitrogens with one attached hydrogen (secondary N) is 1. The van der Waals surface area contributed by atoms with Crippen LogP contribution in [0.2, 0.25) is 0 Å². The van der Waals surface area contributed by atoms with E-state index in [0.717, 1.165) is 24.5 Å². The number of benzene rings is 2. The van der Waals surface area contributed by atoms with Gasteiger partial charge in [0.15, 0.2) is 11.6 Å². The molecular formula is C22H23F2LiN2O3. The molecule has 0 aliphatic carbocycles. The number of nitrogens with zero attached hydrogens (tertiary/aromatic N) is 1. The van der Waals surface area contributed by atoms with Crippen molar-refractivity contribution in [3.05, 3.63) is 70.8 Å². The Kier molecular flexibility index (Phi) is 8.60. The van der Waals surface area contributed by atoms with Crippen LogP contribution in [0.5, 0.6) is 0 Å². The molecule has 0 spiro atoms. The molecule has 2 atom stereocenters. The second kappa shape index (κ2) is 10.7. The average Bonchev–Trinajstić information content (AvgIpc) is 2.71. The second-order valence-electron chi connectivity index (χ2n) is 7.37. The van der Waals surface area contributed by atoms with Gasteiger partial charge in [-0.1, -0.05) is 36.8 Å². The van der Waals surface area contributed by atoms with E-state index in [4.69, 9.17) is 0 Å². The van der Waals surface area contributed by atoms with Crippen molar-refractivity contribution in [1.29, 1.82) is 0 Å². The second-order valence-corrected chi connectivity index (χ2v) is 7.37. The molecule has 1 saturated heterocycles. The van der Waals surface area contributed by atoms with Crippen LogP contribution in [0.1, 0.15) is 53.7 Å². The smallest absolute Gasteiger partial charge is 0.545 e. The third-order valence-electron chi connectivity index (χ3n) is 5.29. The third-order valence-corrected chi connectivity index (χ3v) is 5.29. The molecule has 1 aliphatic rings. The number of carboxylic acids is 1. The van der Waals surface area contributed by atoms with E-state index < -0.39 is 17.6 Å². The van der Waals surface area contributed by atoms with Gasteiger partial charge in [0.25, 0.3) is 0 Å². The molecule has 5 nitrogen and oxygen atoms in total. The molecule has 0 radical (unpaired) electrons. The zero-order valence-corrected chi connectivity index (χ0v) is 17.2. The van der Waals surface area contributed by atoms with E-state index >= 15 is 0 Å². The maximum absolute atomic E-state index is 13.5. The molecule has 0 bridgehead atoms. The first-order valence-electron chi connectivity index (χ1n) is 9.65. The standard InChI is InChI=1S/C22H24F2N2O3.Li/c1-14(16-6-8-17(9-7-16)22(28)29)25-21(27)20-4-2-3-11-26(20)13-15-5-10-18(23)19(24)12-15;/h5-10,12,14,20H,2-4,11,13H2,1H3,(H,25,27)(H,28,29);/q;+1/p-1/t14-,20?;/m0./s1. The van der Waals surface area contributed by atoms with Gasteiger partial charge in [-0.2, -0.15) is 0 Å². The number of amides is 1. The summed E-state index contributed by atoms with van der Waals surface area (Å²) in [6.45, 7) is 2.89. The van der Waals surface area contributed by atoms with Crippen molar-refractivity contribution < 1.29 is 42.3 Å². The minimum Gasteiger partial charge on any atom is -0.545 e. The van der Waals surface area contributed by atoms with Crippen LogP contribution in [0.15, 0.2) is 42.5 Å². The number of piperidine rings is 1. The minimum atomic E-state index is -1.25. The Morgan fingerprint density at radius 1 is 1.13 bits per heavy atom. The summed E-state index contributed by atoms with van der Waals surface area (Å²) in [6, 6.07) is 9.33. The molecule has 2 aromatic rings. The summed E-state index contributed by atoms with van der Waals surface area (Å²) in [6.07, 6.45) is 2.54. The zero-order valence-electron chi connectivity index (χ0n) is 17.2. The monoisotopic (exact) mass is 408 g/mol. The quantitative estimate of drug-likeness (QED) is 0.659. The Balaban J connectivity index is 0.00000320.